The number of aromatic amines is 1. The molecule has 3 aromatic rings. The van der Waals surface area contributed by atoms with Crippen molar-refractivity contribution in [3.05, 3.63) is 60.3 Å². The van der Waals surface area contributed by atoms with Crippen LogP contribution in [0.1, 0.15) is 12.5 Å². The van der Waals surface area contributed by atoms with Crippen LogP contribution in [-0.4, -0.2) is 10.9 Å². The Kier molecular flexibility index (Phi) is 3.60. The van der Waals surface area contributed by atoms with Crippen LogP contribution in [0.15, 0.2) is 54.7 Å². The first-order valence-corrected chi connectivity index (χ1v) is 6.88. The molecule has 1 amide bonds. The van der Waals surface area contributed by atoms with Gasteiger partial charge in [0.1, 0.15) is 0 Å². The number of nitrogens with one attached hydrogen (secondary N) is 3. The first-order chi connectivity index (χ1) is 10.2. The van der Waals surface area contributed by atoms with Crippen molar-refractivity contribution >= 4 is 28.2 Å². The van der Waals surface area contributed by atoms with E-state index in [0.29, 0.717) is 0 Å². The number of amides is 1. The minimum absolute atomic E-state index is 0.0648. The van der Waals surface area contributed by atoms with Crippen LogP contribution in [0.25, 0.3) is 10.9 Å². The van der Waals surface area contributed by atoms with E-state index in [2.05, 4.69) is 39.9 Å². The second-order valence-corrected chi connectivity index (χ2v) is 5.01. The number of carbonyl (C=O) groups excluding carboxylic acids is 1. The molecule has 0 saturated carbocycles. The fourth-order valence-corrected chi connectivity index (χ4v) is 2.33. The number of benzene rings is 2. The normalized spacial score (nSPS) is 10.5. The van der Waals surface area contributed by atoms with Crippen molar-refractivity contribution in [2.75, 3.05) is 10.6 Å². The molecule has 4 nitrogen and oxygen atoms in total. The van der Waals surface area contributed by atoms with E-state index in [9.17, 15) is 4.79 Å². The average molecular weight is 279 g/mol. The van der Waals surface area contributed by atoms with E-state index in [1.807, 2.05) is 30.5 Å². The van der Waals surface area contributed by atoms with Gasteiger partial charge in [-0.15, -0.1) is 0 Å². The van der Waals surface area contributed by atoms with E-state index in [4.69, 9.17) is 0 Å². The molecule has 2 aromatic carbocycles. The highest BCUT2D eigenvalue weighted by atomic mass is 16.1. The van der Waals surface area contributed by atoms with Crippen molar-refractivity contribution in [1.29, 1.82) is 0 Å². The van der Waals surface area contributed by atoms with Crippen molar-refractivity contribution in [3.8, 4) is 0 Å². The summed E-state index contributed by atoms with van der Waals surface area (Å²) in [6.07, 6.45) is 1.94. The molecular weight excluding hydrogens is 262 g/mol. The molecule has 0 bridgehead atoms. The number of H-pyrrole nitrogens is 1. The van der Waals surface area contributed by atoms with Gasteiger partial charge in [-0.1, -0.05) is 12.1 Å². The Morgan fingerprint density at radius 2 is 1.95 bits per heavy atom. The van der Waals surface area contributed by atoms with Gasteiger partial charge in [-0.05, 0) is 47.3 Å². The first kappa shape index (κ1) is 13.2. The van der Waals surface area contributed by atoms with E-state index < -0.39 is 0 Å². The van der Waals surface area contributed by atoms with E-state index in [0.717, 1.165) is 23.4 Å². The van der Waals surface area contributed by atoms with E-state index >= 15 is 0 Å². The molecular formula is C17H17N3O. The zero-order chi connectivity index (χ0) is 14.7. The molecule has 0 unspecified atom stereocenters. The van der Waals surface area contributed by atoms with Crippen LogP contribution in [-0.2, 0) is 11.3 Å². The molecule has 106 valence electrons. The summed E-state index contributed by atoms with van der Waals surface area (Å²) in [4.78, 5) is 14.3. The maximum absolute atomic E-state index is 11.1. The lowest BCUT2D eigenvalue weighted by molar-refractivity contribution is -0.114. The van der Waals surface area contributed by atoms with E-state index in [-0.39, 0.29) is 5.91 Å². The first-order valence-electron chi connectivity index (χ1n) is 6.88. The van der Waals surface area contributed by atoms with Gasteiger partial charge in [0, 0.05) is 36.6 Å². The van der Waals surface area contributed by atoms with Gasteiger partial charge in [-0.3, -0.25) is 4.79 Å². The maximum Gasteiger partial charge on any atom is 0.221 e. The summed E-state index contributed by atoms with van der Waals surface area (Å²) >= 11 is 0. The van der Waals surface area contributed by atoms with Crippen LogP contribution >= 0.6 is 0 Å². The molecule has 4 heteroatoms. The molecule has 3 rings (SSSR count). The summed E-state index contributed by atoms with van der Waals surface area (Å²) in [5.74, 6) is -0.0648. The molecule has 1 aromatic heterocycles. The minimum atomic E-state index is -0.0648. The number of rotatable bonds is 4. The van der Waals surface area contributed by atoms with Crippen molar-refractivity contribution in [1.82, 2.24) is 4.98 Å². The molecule has 0 radical (unpaired) electrons. The Morgan fingerprint density at radius 3 is 2.81 bits per heavy atom. The van der Waals surface area contributed by atoms with Crippen molar-refractivity contribution in [2.24, 2.45) is 0 Å². The highest BCUT2D eigenvalue weighted by molar-refractivity contribution is 5.89. The van der Waals surface area contributed by atoms with E-state index in [1.165, 1.54) is 17.9 Å². The highest BCUT2D eigenvalue weighted by Crippen LogP contribution is 2.18. The van der Waals surface area contributed by atoms with Gasteiger partial charge in [-0.2, -0.15) is 0 Å². The van der Waals surface area contributed by atoms with Crippen molar-refractivity contribution in [3.63, 3.8) is 0 Å². The van der Waals surface area contributed by atoms with Gasteiger partial charge in [-0.25, -0.2) is 0 Å². The SMILES string of the molecule is CC(=O)Nc1cccc(NCc2ccc3[nH]ccc3c2)c1. The molecule has 0 aliphatic heterocycles. The zero-order valence-electron chi connectivity index (χ0n) is 11.8. The summed E-state index contributed by atoms with van der Waals surface area (Å²) < 4.78 is 0. The zero-order valence-corrected chi connectivity index (χ0v) is 11.8. The number of aromatic nitrogens is 1. The lowest BCUT2D eigenvalue weighted by atomic mass is 10.1. The van der Waals surface area contributed by atoms with Crippen LogP contribution in [0, 0.1) is 0 Å². The molecule has 1 heterocycles. The molecule has 0 aliphatic rings. The van der Waals surface area contributed by atoms with E-state index in [1.54, 1.807) is 0 Å². The number of anilines is 2. The van der Waals surface area contributed by atoms with Gasteiger partial charge < -0.3 is 15.6 Å². The van der Waals surface area contributed by atoms with Crippen molar-refractivity contribution in [2.45, 2.75) is 13.5 Å². The predicted molar refractivity (Wildman–Crippen MR) is 86.4 cm³/mol. The van der Waals surface area contributed by atoms with Gasteiger partial charge in [0.15, 0.2) is 0 Å². The second kappa shape index (κ2) is 5.71. The Morgan fingerprint density at radius 1 is 1.10 bits per heavy atom. The summed E-state index contributed by atoms with van der Waals surface area (Å²) in [5, 5.41) is 7.36. The summed E-state index contributed by atoms with van der Waals surface area (Å²) in [6.45, 7) is 2.25. The Balaban J connectivity index is 1.70. The molecule has 0 saturated heterocycles. The second-order valence-electron chi connectivity index (χ2n) is 5.01. The third kappa shape index (κ3) is 3.23. The quantitative estimate of drug-likeness (QED) is 0.681. The Bertz CT molecular complexity index is 776. The maximum atomic E-state index is 11.1. The van der Waals surface area contributed by atoms with Crippen LogP contribution in [0.5, 0.6) is 0 Å². The van der Waals surface area contributed by atoms with Crippen molar-refractivity contribution < 1.29 is 4.79 Å². The monoisotopic (exact) mass is 279 g/mol. The average Bonchev–Trinajstić information content (AvgIpc) is 2.92. The largest absolute Gasteiger partial charge is 0.381 e. The number of fused-ring (bicyclic) bond motifs is 1. The Labute approximate surface area is 123 Å². The predicted octanol–water partition coefficient (Wildman–Crippen LogP) is 3.74. The van der Waals surface area contributed by atoms with Gasteiger partial charge >= 0.3 is 0 Å². The van der Waals surface area contributed by atoms with Crippen LogP contribution in [0.2, 0.25) is 0 Å². The molecule has 0 spiro atoms. The Hall–Kier alpha value is -2.75. The molecule has 0 aliphatic carbocycles. The van der Waals surface area contributed by atoms with Crippen LogP contribution < -0.4 is 10.6 Å². The lowest BCUT2D eigenvalue weighted by Crippen LogP contribution is -2.06. The van der Waals surface area contributed by atoms with Gasteiger partial charge in [0.25, 0.3) is 0 Å². The molecule has 21 heavy (non-hydrogen) atoms. The summed E-state index contributed by atoms with van der Waals surface area (Å²) in [5.41, 5.74) is 4.14. The fourth-order valence-electron chi connectivity index (χ4n) is 2.33. The third-order valence-electron chi connectivity index (χ3n) is 3.30. The lowest BCUT2D eigenvalue weighted by Gasteiger charge is -2.09. The molecule has 0 fully saturated rings. The molecule has 3 N–H and O–H groups in total. The van der Waals surface area contributed by atoms with Gasteiger partial charge in [0.2, 0.25) is 5.91 Å². The summed E-state index contributed by atoms with van der Waals surface area (Å²) in [6, 6.07) is 16.1. The highest BCUT2D eigenvalue weighted by Gasteiger charge is 2.00. The number of hydrogen-bond donors (Lipinski definition) is 3. The van der Waals surface area contributed by atoms with Crippen LogP contribution in [0.3, 0.4) is 0 Å². The molecule has 0 atom stereocenters. The van der Waals surface area contributed by atoms with Gasteiger partial charge in [0.05, 0.1) is 0 Å². The number of carbonyl (C=O) groups is 1. The number of hydrogen-bond acceptors (Lipinski definition) is 2. The fraction of sp³-hybridized carbons (Fsp3) is 0.118. The topological polar surface area (TPSA) is 56.9 Å². The third-order valence-corrected chi connectivity index (χ3v) is 3.30. The minimum Gasteiger partial charge on any atom is -0.381 e. The summed E-state index contributed by atoms with van der Waals surface area (Å²) in [7, 11) is 0. The van der Waals surface area contributed by atoms with Crippen LogP contribution in [0.4, 0.5) is 11.4 Å². The smallest absolute Gasteiger partial charge is 0.221 e. The standard InChI is InChI=1S/C17H17N3O/c1-12(21)20-16-4-2-3-15(10-16)19-11-13-5-6-17-14(9-13)7-8-18-17/h2-10,18-19H,11H2,1H3,(H,20,21).